The second-order valence-electron chi connectivity index (χ2n) is 2.51. The van der Waals surface area contributed by atoms with Crippen molar-refractivity contribution in [2.75, 3.05) is 6.61 Å². The standard InChI is InChI=1S/C9H17O2/c1-3-5-6-7-9(10)11-8-4-2/h7H,3-6,8H2,1-2H3. The molecule has 0 saturated heterocycles. The lowest BCUT2D eigenvalue weighted by Gasteiger charge is -2.00. The Labute approximate surface area is 68.9 Å². The third-order valence-electron chi connectivity index (χ3n) is 1.32. The zero-order valence-corrected chi connectivity index (χ0v) is 7.43. The van der Waals surface area contributed by atoms with Crippen molar-refractivity contribution in [3.8, 4) is 0 Å². The molecule has 0 aromatic carbocycles. The molecule has 0 bridgehead atoms. The Morgan fingerprint density at radius 3 is 2.64 bits per heavy atom. The van der Waals surface area contributed by atoms with Crippen LogP contribution in [0.1, 0.15) is 39.5 Å². The van der Waals surface area contributed by atoms with Crippen LogP contribution in [0.3, 0.4) is 0 Å². The van der Waals surface area contributed by atoms with Gasteiger partial charge in [0, 0.05) is 0 Å². The molecule has 0 fully saturated rings. The molecule has 0 rings (SSSR count). The maximum atomic E-state index is 10.8. The van der Waals surface area contributed by atoms with Crippen molar-refractivity contribution in [1.82, 2.24) is 0 Å². The number of carbonyl (C=O) groups excluding carboxylic acids is 1. The van der Waals surface area contributed by atoms with Gasteiger partial charge in [-0.1, -0.05) is 26.7 Å². The summed E-state index contributed by atoms with van der Waals surface area (Å²) in [6.45, 7) is 4.63. The van der Waals surface area contributed by atoms with Gasteiger partial charge < -0.3 is 4.74 Å². The average molecular weight is 157 g/mol. The molecule has 0 aromatic rings. The summed E-state index contributed by atoms with van der Waals surface area (Å²) in [5.74, 6) is -0.166. The molecule has 1 radical (unpaired) electrons. The van der Waals surface area contributed by atoms with E-state index in [0.717, 1.165) is 25.7 Å². The van der Waals surface area contributed by atoms with Gasteiger partial charge in [0.1, 0.15) is 0 Å². The Kier molecular flexibility index (Phi) is 7.21. The number of unbranched alkanes of at least 4 members (excludes halogenated alkanes) is 2. The van der Waals surface area contributed by atoms with Crippen LogP contribution < -0.4 is 0 Å². The fraction of sp³-hybridized carbons (Fsp3) is 0.778. The Hall–Kier alpha value is -0.530. The van der Waals surface area contributed by atoms with Crippen molar-refractivity contribution < 1.29 is 9.53 Å². The Balaban J connectivity index is 3.09. The van der Waals surface area contributed by atoms with Gasteiger partial charge in [0.2, 0.25) is 0 Å². The molecule has 0 aliphatic rings. The van der Waals surface area contributed by atoms with Gasteiger partial charge in [-0.15, -0.1) is 0 Å². The molecule has 0 saturated carbocycles. The zero-order valence-electron chi connectivity index (χ0n) is 7.43. The predicted octanol–water partition coefficient (Wildman–Crippen LogP) is 2.33. The maximum absolute atomic E-state index is 10.8. The van der Waals surface area contributed by atoms with Gasteiger partial charge in [-0.2, -0.15) is 0 Å². The van der Waals surface area contributed by atoms with Crippen LogP contribution in [-0.4, -0.2) is 12.6 Å². The van der Waals surface area contributed by atoms with E-state index in [-0.39, 0.29) is 5.97 Å². The van der Waals surface area contributed by atoms with Crippen molar-refractivity contribution in [2.45, 2.75) is 39.5 Å². The summed E-state index contributed by atoms with van der Waals surface area (Å²) in [6.07, 6.45) is 5.56. The molecule has 2 heteroatoms. The largest absolute Gasteiger partial charge is 0.465 e. The molecule has 0 aromatic heterocycles. The van der Waals surface area contributed by atoms with Crippen LogP contribution in [0.4, 0.5) is 0 Å². The topological polar surface area (TPSA) is 26.3 Å². The highest BCUT2D eigenvalue weighted by Crippen LogP contribution is 1.99. The minimum absolute atomic E-state index is 0.166. The van der Waals surface area contributed by atoms with Gasteiger partial charge in [-0.25, -0.2) is 0 Å². The first-order valence-electron chi connectivity index (χ1n) is 4.31. The van der Waals surface area contributed by atoms with Gasteiger partial charge in [-0.05, 0) is 12.8 Å². The summed E-state index contributed by atoms with van der Waals surface area (Å²) in [4.78, 5) is 10.8. The van der Waals surface area contributed by atoms with E-state index < -0.39 is 0 Å². The minimum atomic E-state index is -0.166. The normalized spacial score (nSPS) is 9.64. The van der Waals surface area contributed by atoms with Gasteiger partial charge >= 0.3 is 5.97 Å². The lowest BCUT2D eigenvalue weighted by Crippen LogP contribution is -2.05. The van der Waals surface area contributed by atoms with Crippen LogP contribution in [0.25, 0.3) is 0 Å². The molecule has 2 nitrogen and oxygen atoms in total. The van der Waals surface area contributed by atoms with Gasteiger partial charge in [0.15, 0.2) is 0 Å². The number of esters is 1. The van der Waals surface area contributed by atoms with Crippen molar-refractivity contribution in [1.29, 1.82) is 0 Å². The summed E-state index contributed by atoms with van der Waals surface area (Å²) < 4.78 is 4.84. The second-order valence-corrected chi connectivity index (χ2v) is 2.51. The van der Waals surface area contributed by atoms with Crippen molar-refractivity contribution in [3.05, 3.63) is 6.42 Å². The van der Waals surface area contributed by atoms with E-state index in [0.29, 0.717) is 6.61 Å². The van der Waals surface area contributed by atoms with Crippen molar-refractivity contribution in [3.63, 3.8) is 0 Å². The lowest BCUT2D eigenvalue weighted by atomic mass is 10.2. The Bertz CT molecular complexity index is 99.7. The van der Waals surface area contributed by atoms with Crippen LogP contribution in [-0.2, 0) is 9.53 Å². The van der Waals surface area contributed by atoms with Crippen molar-refractivity contribution >= 4 is 5.97 Å². The smallest absolute Gasteiger partial charge is 0.309 e. The minimum Gasteiger partial charge on any atom is -0.465 e. The number of rotatable bonds is 6. The molecule has 0 unspecified atom stereocenters. The van der Waals surface area contributed by atoms with Crippen LogP contribution in [0.2, 0.25) is 0 Å². The van der Waals surface area contributed by atoms with Crippen LogP contribution in [0.15, 0.2) is 0 Å². The van der Waals surface area contributed by atoms with E-state index in [2.05, 4.69) is 6.92 Å². The summed E-state index contributed by atoms with van der Waals surface area (Å²) in [5, 5.41) is 0. The highest BCUT2D eigenvalue weighted by Gasteiger charge is 2.00. The van der Waals surface area contributed by atoms with Crippen molar-refractivity contribution in [2.24, 2.45) is 0 Å². The molecule has 11 heavy (non-hydrogen) atoms. The number of hydrogen-bond donors (Lipinski definition) is 0. The van der Waals surface area contributed by atoms with Crippen LogP contribution in [0.5, 0.6) is 0 Å². The molecular weight excluding hydrogens is 140 g/mol. The molecule has 0 aliphatic heterocycles. The van der Waals surface area contributed by atoms with E-state index in [1.807, 2.05) is 6.92 Å². The molecular formula is C9H17O2. The average Bonchev–Trinajstić information content (AvgIpc) is 2.01. The van der Waals surface area contributed by atoms with E-state index in [1.54, 1.807) is 6.42 Å². The summed E-state index contributed by atoms with van der Waals surface area (Å²) in [7, 11) is 0. The number of hydrogen-bond acceptors (Lipinski definition) is 2. The number of carbonyl (C=O) groups is 1. The quantitative estimate of drug-likeness (QED) is 0.437. The first-order chi connectivity index (χ1) is 5.31. The highest BCUT2D eigenvalue weighted by atomic mass is 16.5. The Morgan fingerprint density at radius 2 is 2.09 bits per heavy atom. The highest BCUT2D eigenvalue weighted by molar-refractivity contribution is 5.78. The molecule has 0 atom stereocenters. The summed E-state index contributed by atoms with van der Waals surface area (Å²) in [5.41, 5.74) is 0. The van der Waals surface area contributed by atoms with Crippen LogP contribution >= 0.6 is 0 Å². The molecule has 0 N–H and O–H groups in total. The second kappa shape index (κ2) is 7.58. The first-order valence-corrected chi connectivity index (χ1v) is 4.31. The fourth-order valence-corrected chi connectivity index (χ4v) is 0.686. The SMILES string of the molecule is CCCC[CH]C(=O)OCCC. The van der Waals surface area contributed by atoms with E-state index >= 15 is 0 Å². The molecule has 0 heterocycles. The lowest BCUT2D eigenvalue weighted by molar-refractivity contribution is -0.139. The van der Waals surface area contributed by atoms with E-state index in [4.69, 9.17) is 4.74 Å². The third kappa shape index (κ3) is 7.37. The molecule has 0 aliphatic carbocycles. The third-order valence-corrected chi connectivity index (χ3v) is 1.32. The van der Waals surface area contributed by atoms with E-state index in [1.165, 1.54) is 0 Å². The Morgan fingerprint density at radius 1 is 1.36 bits per heavy atom. The molecule has 0 amide bonds. The zero-order chi connectivity index (χ0) is 8.53. The maximum Gasteiger partial charge on any atom is 0.309 e. The van der Waals surface area contributed by atoms with Gasteiger partial charge in [0.05, 0.1) is 13.0 Å². The summed E-state index contributed by atoms with van der Waals surface area (Å²) in [6, 6.07) is 0. The predicted molar refractivity (Wildman–Crippen MR) is 45.1 cm³/mol. The van der Waals surface area contributed by atoms with Gasteiger partial charge in [-0.3, -0.25) is 4.79 Å². The van der Waals surface area contributed by atoms with Crippen LogP contribution in [0, 0.1) is 6.42 Å². The molecule has 65 valence electrons. The number of ether oxygens (including phenoxy) is 1. The monoisotopic (exact) mass is 157 g/mol. The molecule has 0 spiro atoms. The first kappa shape index (κ1) is 10.5. The van der Waals surface area contributed by atoms with E-state index in [9.17, 15) is 4.79 Å². The summed E-state index contributed by atoms with van der Waals surface area (Å²) >= 11 is 0. The van der Waals surface area contributed by atoms with Gasteiger partial charge in [0.25, 0.3) is 0 Å². The fourth-order valence-electron chi connectivity index (χ4n) is 0.686.